The first kappa shape index (κ1) is 13.4. The van der Waals surface area contributed by atoms with Gasteiger partial charge in [0.15, 0.2) is 0 Å². The van der Waals surface area contributed by atoms with Crippen LogP contribution in [-0.4, -0.2) is 30.5 Å². The fraction of sp³-hybridized carbons (Fsp3) is 0.500. The van der Waals surface area contributed by atoms with Crippen molar-refractivity contribution in [1.29, 1.82) is 0 Å². The molecule has 0 aromatic carbocycles. The minimum Gasteiger partial charge on any atom is -0.352 e. The summed E-state index contributed by atoms with van der Waals surface area (Å²) in [5.74, 6) is 0.745. The van der Waals surface area contributed by atoms with Gasteiger partial charge in [0.2, 0.25) is 5.91 Å². The number of amides is 1. The summed E-state index contributed by atoms with van der Waals surface area (Å²) in [5.41, 5.74) is 6.34. The van der Waals surface area contributed by atoms with Gasteiger partial charge >= 0.3 is 0 Å². The summed E-state index contributed by atoms with van der Waals surface area (Å²) in [4.78, 5) is 17.7. The fourth-order valence-corrected chi connectivity index (χ4v) is 1.46. The Labute approximate surface area is 102 Å². The molecule has 1 rings (SSSR count). The van der Waals surface area contributed by atoms with Gasteiger partial charge in [-0.05, 0) is 26.0 Å². The molecule has 0 spiro atoms. The molecule has 0 aliphatic heterocycles. The second-order valence-electron chi connectivity index (χ2n) is 4.27. The van der Waals surface area contributed by atoms with Gasteiger partial charge in [-0.3, -0.25) is 4.79 Å². The van der Waals surface area contributed by atoms with Gasteiger partial charge in [-0.25, -0.2) is 4.98 Å². The van der Waals surface area contributed by atoms with Crippen LogP contribution in [0.15, 0.2) is 18.2 Å². The number of hydrogen-bond acceptors (Lipinski definition) is 4. The Bertz CT molecular complexity index is 379. The first-order valence-electron chi connectivity index (χ1n) is 5.69. The molecule has 0 bridgehead atoms. The van der Waals surface area contributed by atoms with Crippen molar-refractivity contribution in [1.82, 2.24) is 10.3 Å². The predicted octanol–water partition coefficient (Wildman–Crippen LogP) is 0.501. The Morgan fingerprint density at radius 2 is 2.24 bits per heavy atom. The van der Waals surface area contributed by atoms with Crippen LogP contribution in [0.3, 0.4) is 0 Å². The molecular weight excluding hydrogens is 216 g/mol. The number of rotatable bonds is 5. The van der Waals surface area contributed by atoms with Crippen LogP contribution < -0.4 is 16.0 Å². The van der Waals surface area contributed by atoms with Crippen LogP contribution in [0.25, 0.3) is 0 Å². The maximum Gasteiger partial charge on any atom is 0.239 e. The van der Waals surface area contributed by atoms with Gasteiger partial charge < -0.3 is 16.0 Å². The standard InChI is InChI=1S/C12H20N4O/c1-9(2)14-12(17)8-16(3)11-6-4-5-10(7-13)15-11/h4-6,9H,7-8,13H2,1-3H3,(H,14,17). The molecule has 3 N–H and O–H groups in total. The molecule has 5 heteroatoms. The molecule has 0 saturated carbocycles. The lowest BCUT2D eigenvalue weighted by Crippen LogP contribution is -2.38. The SMILES string of the molecule is CC(C)NC(=O)CN(C)c1cccc(CN)n1. The van der Waals surface area contributed by atoms with E-state index < -0.39 is 0 Å². The molecule has 0 radical (unpaired) electrons. The molecule has 0 saturated heterocycles. The summed E-state index contributed by atoms with van der Waals surface area (Å²) in [6.07, 6.45) is 0. The number of nitrogens with one attached hydrogen (secondary N) is 1. The highest BCUT2D eigenvalue weighted by molar-refractivity contribution is 5.81. The molecule has 0 unspecified atom stereocenters. The lowest BCUT2D eigenvalue weighted by atomic mass is 10.3. The minimum absolute atomic E-state index is 0.0116. The molecule has 17 heavy (non-hydrogen) atoms. The molecule has 1 aromatic heterocycles. The van der Waals surface area contributed by atoms with Crippen LogP contribution in [0, 0.1) is 0 Å². The first-order valence-corrected chi connectivity index (χ1v) is 5.69. The van der Waals surface area contributed by atoms with Crippen molar-refractivity contribution < 1.29 is 4.79 Å². The fourth-order valence-electron chi connectivity index (χ4n) is 1.46. The van der Waals surface area contributed by atoms with Crippen molar-refractivity contribution in [2.45, 2.75) is 26.4 Å². The van der Waals surface area contributed by atoms with E-state index in [1.807, 2.05) is 39.1 Å². The highest BCUT2D eigenvalue weighted by Crippen LogP contribution is 2.08. The quantitative estimate of drug-likeness (QED) is 0.781. The number of hydrogen-bond donors (Lipinski definition) is 2. The number of nitrogens with two attached hydrogens (primary N) is 1. The lowest BCUT2D eigenvalue weighted by molar-refractivity contribution is -0.120. The van der Waals surface area contributed by atoms with Crippen molar-refractivity contribution in [3.05, 3.63) is 23.9 Å². The summed E-state index contributed by atoms with van der Waals surface area (Å²) in [6.45, 7) is 4.56. The van der Waals surface area contributed by atoms with Gasteiger partial charge in [0.05, 0.1) is 12.2 Å². The summed E-state index contributed by atoms with van der Waals surface area (Å²) >= 11 is 0. The monoisotopic (exact) mass is 236 g/mol. The zero-order valence-electron chi connectivity index (χ0n) is 10.6. The molecular formula is C12H20N4O. The van der Waals surface area contributed by atoms with E-state index >= 15 is 0 Å². The highest BCUT2D eigenvalue weighted by Gasteiger charge is 2.09. The maximum atomic E-state index is 11.6. The number of nitrogens with zero attached hydrogens (tertiary/aromatic N) is 2. The third-order valence-corrected chi connectivity index (χ3v) is 2.22. The first-order chi connectivity index (χ1) is 8.02. The van der Waals surface area contributed by atoms with Crippen molar-refractivity contribution in [2.75, 3.05) is 18.5 Å². The summed E-state index contributed by atoms with van der Waals surface area (Å²) in [5, 5.41) is 2.84. The normalized spacial score (nSPS) is 10.4. The van der Waals surface area contributed by atoms with Crippen molar-refractivity contribution >= 4 is 11.7 Å². The topological polar surface area (TPSA) is 71.2 Å². The summed E-state index contributed by atoms with van der Waals surface area (Å²) in [6, 6.07) is 5.77. The smallest absolute Gasteiger partial charge is 0.239 e. The Morgan fingerprint density at radius 1 is 1.53 bits per heavy atom. The third-order valence-electron chi connectivity index (χ3n) is 2.22. The Balaban J connectivity index is 2.62. The molecule has 1 amide bonds. The van der Waals surface area contributed by atoms with E-state index in [1.165, 1.54) is 0 Å². The Kier molecular flexibility index (Phi) is 4.90. The van der Waals surface area contributed by atoms with Crippen LogP contribution in [0.4, 0.5) is 5.82 Å². The van der Waals surface area contributed by atoms with Gasteiger partial charge in [0.1, 0.15) is 5.82 Å². The molecule has 1 heterocycles. The summed E-state index contributed by atoms with van der Waals surface area (Å²) in [7, 11) is 1.84. The largest absolute Gasteiger partial charge is 0.352 e. The van der Waals surface area contributed by atoms with Crippen molar-refractivity contribution in [3.8, 4) is 0 Å². The second-order valence-corrected chi connectivity index (χ2v) is 4.27. The van der Waals surface area contributed by atoms with Crippen LogP contribution in [-0.2, 0) is 11.3 Å². The van der Waals surface area contributed by atoms with E-state index in [0.717, 1.165) is 11.5 Å². The zero-order valence-corrected chi connectivity index (χ0v) is 10.6. The second kappa shape index (κ2) is 6.20. The third kappa shape index (κ3) is 4.40. The predicted molar refractivity (Wildman–Crippen MR) is 68.7 cm³/mol. The number of aromatic nitrogens is 1. The molecule has 5 nitrogen and oxygen atoms in total. The van der Waals surface area contributed by atoms with E-state index in [2.05, 4.69) is 10.3 Å². The van der Waals surface area contributed by atoms with Crippen LogP contribution in [0.1, 0.15) is 19.5 Å². The van der Waals surface area contributed by atoms with Gasteiger partial charge in [0, 0.05) is 19.6 Å². The average molecular weight is 236 g/mol. The number of carbonyl (C=O) groups excluding carboxylic acids is 1. The molecule has 0 aliphatic carbocycles. The van der Waals surface area contributed by atoms with Gasteiger partial charge in [-0.2, -0.15) is 0 Å². The minimum atomic E-state index is -0.0116. The Hall–Kier alpha value is -1.62. The number of likely N-dealkylation sites (N-methyl/N-ethyl adjacent to an activating group) is 1. The van der Waals surface area contributed by atoms with E-state index in [4.69, 9.17) is 5.73 Å². The van der Waals surface area contributed by atoms with E-state index in [9.17, 15) is 4.79 Å². The molecule has 94 valence electrons. The average Bonchev–Trinajstić information content (AvgIpc) is 2.27. The zero-order chi connectivity index (χ0) is 12.8. The summed E-state index contributed by atoms with van der Waals surface area (Å²) < 4.78 is 0. The molecule has 0 aliphatic rings. The molecule has 0 fully saturated rings. The van der Waals surface area contributed by atoms with Gasteiger partial charge in [-0.1, -0.05) is 6.07 Å². The highest BCUT2D eigenvalue weighted by atomic mass is 16.2. The van der Waals surface area contributed by atoms with E-state index in [1.54, 1.807) is 4.90 Å². The number of anilines is 1. The van der Waals surface area contributed by atoms with E-state index in [-0.39, 0.29) is 11.9 Å². The molecule has 0 atom stereocenters. The molecule has 1 aromatic rings. The van der Waals surface area contributed by atoms with Crippen LogP contribution in [0.5, 0.6) is 0 Å². The number of pyridine rings is 1. The van der Waals surface area contributed by atoms with Crippen molar-refractivity contribution in [3.63, 3.8) is 0 Å². The van der Waals surface area contributed by atoms with Gasteiger partial charge in [0.25, 0.3) is 0 Å². The van der Waals surface area contributed by atoms with Gasteiger partial charge in [-0.15, -0.1) is 0 Å². The van der Waals surface area contributed by atoms with Crippen molar-refractivity contribution in [2.24, 2.45) is 5.73 Å². The Morgan fingerprint density at radius 3 is 2.82 bits per heavy atom. The number of carbonyl (C=O) groups is 1. The lowest BCUT2D eigenvalue weighted by Gasteiger charge is -2.19. The maximum absolute atomic E-state index is 11.6. The van der Waals surface area contributed by atoms with E-state index in [0.29, 0.717) is 13.1 Å². The van der Waals surface area contributed by atoms with Crippen LogP contribution >= 0.6 is 0 Å². The van der Waals surface area contributed by atoms with Crippen LogP contribution in [0.2, 0.25) is 0 Å².